The van der Waals surface area contributed by atoms with Gasteiger partial charge in [0.25, 0.3) is 0 Å². The van der Waals surface area contributed by atoms with Crippen molar-refractivity contribution in [3.63, 3.8) is 0 Å². The molecule has 0 spiro atoms. The van der Waals surface area contributed by atoms with Crippen molar-refractivity contribution in [2.24, 2.45) is 9.98 Å². The van der Waals surface area contributed by atoms with Gasteiger partial charge in [0.2, 0.25) is 0 Å². The molecule has 0 saturated heterocycles. The Morgan fingerprint density at radius 1 is 0.589 bits per heavy atom. The molecule has 10 rings (SSSR count). The van der Waals surface area contributed by atoms with Gasteiger partial charge < -0.3 is 5.32 Å². The van der Waals surface area contributed by atoms with Crippen molar-refractivity contribution in [3.05, 3.63) is 169 Å². The van der Waals surface area contributed by atoms with Gasteiger partial charge in [-0.05, 0) is 71.8 Å². The summed E-state index contributed by atoms with van der Waals surface area (Å²) in [6.45, 7) is 4.09. The Labute approximate surface area is 337 Å². The minimum atomic E-state index is 0.771. The fourth-order valence-corrected chi connectivity index (χ4v) is 11.0. The summed E-state index contributed by atoms with van der Waals surface area (Å²) in [5, 5.41) is 13.1. The van der Waals surface area contributed by atoms with Crippen molar-refractivity contribution in [2.75, 3.05) is 18.6 Å². The Balaban J connectivity index is 1.32. The first-order chi connectivity index (χ1) is 27.6. The van der Waals surface area contributed by atoms with Gasteiger partial charge in [0.1, 0.15) is 0 Å². The van der Waals surface area contributed by atoms with Gasteiger partial charge >= 0.3 is 0 Å². The van der Waals surface area contributed by atoms with E-state index < -0.39 is 0 Å². The topological polar surface area (TPSA) is 36.8 Å². The van der Waals surface area contributed by atoms with Crippen LogP contribution in [-0.4, -0.2) is 25.7 Å². The Morgan fingerprint density at radius 3 is 2.07 bits per heavy atom. The highest BCUT2D eigenvalue weighted by Crippen LogP contribution is 2.49. The molecule has 0 amide bonds. The maximum absolute atomic E-state index is 5.81. The highest BCUT2D eigenvalue weighted by molar-refractivity contribution is 7.98. The van der Waals surface area contributed by atoms with Crippen LogP contribution in [-0.2, 0) is 0 Å². The molecule has 0 aliphatic carbocycles. The summed E-state index contributed by atoms with van der Waals surface area (Å²) in [4.78, 5) is 11.7. The van der Waals surface area contributed by atoms with Gasteiger partial charge in [-0.1, -0.05) is 115 Å². The summed E-state index contributed by atoms with van der Waals surface area (Å²) in [6, 6.07) is 54.4. The average Bonchev–Trinajstić information content (AvgIpc) is 3.82. The number of aliphatic imine (C=N–C) groups is 2. The number of anilines is 1. The SMILES string of the molecule is C=N/C(=C\C(=Nc1c2c(cc3ccc4ccc(-c5ccccc5SC)c(NC)c4c13)sc1ccccc12)c1ccccc1)c1ccc2sc3ccccc3c2c1. The van der Waals surface area contributed by atoms with Crippen molar-refractivity contribution < 1.29 is 0 Å². The first-order valence-corrected chi connectivity index (χ1v) is 21.4. The molecule has 6 heteroatoms. The Hall–Kier alpha value is -6.05. The van der Waals surface area contributed by atoms with Gasteiger partial charge in [0.15, 0.2) is 0 Å². The van der Waals surface area contributed by atoms with Gasteiger partial charge in [-0.2, -0.15) is 0 Å². The van der Waals surface area contributed by atoms with Crippen LogP contribution in [0.2, 0.25) is 0 Å². The molecule has 8 aromatic carbocycles. The number of benzene rings is 8. The zero-order valence-electron chi connectivity index (χ0n) is 30.8. The molecule has 0 saturated carbocycles. The van der Waals surface area contributed by atoms with Crippen LogP contribution in [0.3, 0.4) is 0 Å². The van der Waals surface area contributed by atoms with Crippen LogP contribution >= 0.6 is 34.4 Å². The quantitative estimate of drug-likeness (QED) is 0.0948. The fraction of sp³-hybridized carbons (Fsp3) is 0.0400. The molecular formula is C50H35N3S3. The molecule has 56 heavy (non-hydrogen) atoms. The van der Waals surface area contributed by atoms with E-state index in [0.717, 1.165) is 60.8 Å². The molecule has 0 unspecified atom stereocenters. The lowest BCUT2D eigenvalue weighted by Crippen LogP contribution is -1.99. The van der Waals surface area contributed by atoms with Gasteiger partial charge in [0, 0.05) is 79.8 Å². The Morgan fingerprint density at radius 2 is 1.27 bits per heavy atom. The smallest absolute Gasteiger partial charge is 0.0815 e. The van der Waals surface area contributed by atoms with E-state index in [2.05, 4.69) is 181 Å². The molecule has 2 aromatic heterocycles. The number of hydrogen-bond donors (Lipinski definition) is 1. The molecule has 0 aliphatic heterocycles. The number of hydrogen-bond acceptors (Lipinski definition) is 6. The first-order valence-electron chi connectivity index (χ1n) is 18.5. The zero-order valence-corrected chi connectivity index (χ0v) is 33.3. The predicted molar refractivity (Wildman–Crippen MR) is 251 cm³/mol. The van der Waals surface area contributed by atoms with E-state index in [9.17, 15) is 0 Å². The minimum absolute atomic E-state index is 0.771. The van der Waals surface area contributed by atoms with Crippen molar-refractivity contribution >= 4 is 126 Å². The molecule has 0 radical (unpaired) electrons. The lowest BCUT2D eigenvalue weighted by molar-refractivity contribution is 1.44. The second-order valence-electron chi connectivity index (χ2n) is 13.8. The third-order valence-electron chi connectivity index (χ3n) is 10.7. The Kier molecular flexibility index (Phi) is 8.75. The van der Waals surface area contributed by atoms with Crippen LogP contribution in [0.5, 0.6) is 0 Å². The number of allylic oxidation sites excluding steroid dienone is 1. The molecule has 0 bridgehead atoms. The molecule has 0 fully saturated rings. The third kappa shape index (κ3) is 5.72. The second kappa shape index (κ2) is 14.2. The molecule has 3 nitrogen and oxygen atoms in total. The number of thioether (sulfide) groups is 1. The number of fused-ring (bicyclic) bond motifs is 9. The normalized spacial score (nSPS) is 12.5. The minimum Gasteiger partial charge on any atom is -0.387 e. The van der Waals surface area contributed by atoms with Crippen molar-refractivity contribution in [2.45, 2.75) is 4.90 Å². The highest BCUT2D eigenvalue weighted by Gasteiger charge is 2.21. The van der Waals surface area contributed by atoms with E-state index in [1.54, 1.807) is 11.8 Å². The average molecular weight is 774 g/mol. The summed E-state index contributed by atoms with van der Waals surface area (Å²) in [7, 11) is 2.04. The van der Waals surface area contributed by atoms with Crippen LogP contribution in [0.15, 0.2) is 173 Å². The van der Waals surface area contributed by atoms with E-state index in [1.807, 2.05) is 29.7 Å². The second-order valence-corrected chi connectivity index (χ2v) is 16.8. The number of thiophene rings is 2. The zero-order chi connectivity index (χ0) is 37.8. The Bertz CT molecular complexity index is 3240. The molecule has 10 aromatic rings. The molecular weight excluding hydrogens is 739 g/mol. The van der Waals surface area contributed by atoms with Crippen LogP contribution < -0.4 is 5.32 Å². The number of nitrogens with one attached hydrogen (secondary N) is 1. The van der Waals surface area contributed by atoms with Crippen molar-refractivity contribution in [1.29, 1.82) is 0 Å². The summed E-state index contributed by atoms with van der Waals surface area (Å²) in [5.41, 5.74) is 8.01. The first kappa shape index (κ1) is 34.4. The van der Waals surface area contributed by atoms with Crippen LogP contribution in [0.25, 0.3) is 78.7 Å². The summed E-state index contributed by atoms with van der Waals surface area (Å²) in [6.07, 6.45) is 4.26. The van der Waals surface area contributed by atoms with Gasteiger partial charge in [-0.3, -0.25) is 4.99 Å². The van der Waals surface area contributed by atoms with E-state index in [1.165, 1.54) is 51.0 Å². The van der Waals surface area contributed by atoms with Gasteiger partial charge in [-0.15, -0.1) is 34.4 Å². The van der Waals surface area contributed by atoms with Crippen molar-refractivity contribution in [1.82, 2.24) is 0 Å². The summed E-state index contributed by atoms with van der Waals surface area (Å²) < 4.78 is 4.98. The lowest BCUT2D eigenvalue weighted by Gasteiger charge is -2.18. The van der Waals surface area contributed by atoms with Gasteiger partial charge in [0.05, 0.1) is 22.8 Å². The molecule has 268 valence electrons. The standard InChI is InChI=1S/C50H35N3S3/c1-51-39(32-24-26-44-38(27-32)35-16-8-11-19-42(35)55-44)29-40(30-13-5-4-6-14-30)53-50-47-33(28-45-48(50)37-17-9-12-20-43(37)56-45)22-21-31-23-25-36(49(52-2)46(31)47)34-15-7-10-18-41(34)54-3/h4-29,52H,1H2,2-3H3/b39-29-,53-40?. The number of rotatable bonds is 8. The van der Waals surface area contributed by atoms with E-state index >= 15 is 0 Å². The fourth-order valence-electron chi connectivity index (χ4n) is 8.09. The van der Waals surface area contributed by atoms with Crippen molar-refractivity contribution in [3.8, 4) is 11.1 Å². The predicted octanol–water partition coefficient (Wildman–Crippen LogP) is 15.0. The van der Waals surface area contributed by atoms with Crippen LogP contribution in [0.1, 0.15) is 11.1 Å². The monoisotopic (exact) mass is 773 g/mol. The molecule has 0 aliphatic rings. The van der Waals surface area contributed by atoms with Crippen LogP contribution in [0.4, 0.5) is 11.4 Å². The summed E-state index contributed by atoms with van der Waals surface area (Å²) >= 11 is 5.41. The molecule has 2 heterocycles. The molecule has 1 N–H and O–H groups in total. The maximum Gasteiger partial charge on any atom is 0.0815 e. The highest BCUT2D eigenvalue weighted by atomic mass is 32.2. The van der Waals surface area contributed by atoms with Crippen LogP contribution in [0, 0.1) is 0 Å². The lowest BCUT2D eigenvalue weighted by atomic mass is 9.92. The number of nitrogens with zero attached hydrogens (tertiary/aromatic N) is 2. The maximum atomic E-state index is 5.81. The van der Waals surface area contributed by atoms with E-state index in [4.69, 9.17) is 4.99 Å². The summed E-state index contributed by atoms with van der Waals surface area (Å²) in [5.74, 6) is 0. The largest absolute Gasteiger partial charge is 0.387 e. The van der Waals surface area contributed by atoms with E-state index in [-0.39, 0.29) is 0 Å². The third-order valence-corrected chi connectivity index (χ3v) is 13.7. The molecule has 0 atom stereocenters. The van der Waals surface area contributed by atoms with Gasteiger partial charge in [-0.25, -0.2) is 4.99 Å². The van der Waals surface area contributed by atoms with E-state index in [0.29, 0.717) is 0 Å².